The molecule has 2 saturated heterocycles. The van der Waals surface area contributed by atoms with Gasteiger partial charge in [0, 0.05) is 23.5 Å². The summed E-state index contributed by atoms with van der Waals surface area (Å²) in [6.07, 6.45) is -9.21. The fraction of sp³-hybridized carbons (Fsp3) is 0.375. The smallest absolute Gasteiger partial charge is 0.349 e. The highest BCUT2D eigenvalue weighted by atomic mass is 35.5. The minimum Gasteiger partial charge on any atom is -0.349 e. The van der Waals surface area contributed by atoms with E-state index in [9.17, 15) is 26.3 Å². The molecule has 2 fully saturated rings. The molecule has 186 valence electrons. The lowest BCUT2D eigenvalue weighted by Crippen LogP contribution is -2.38. The molecule has 3 nitrogen and oxygen atoms in total. The number of para-hydroxylation sites is 1. The van der Waals surface area contributed by atoms with Crippen LogP contribution in [0.5, 0.6) is 0 Å². The number of hydrogen-bond donors (Lipinski definition) is 0. The molecule has 0 aliphatic carbocycles. The molecule has 1 aromatic heterocycles. The van der Waals surface area contributed by atoms with Crippen LogP contribution in [0.25, 0.3) is 10.9 Å². The lowest BCUT2D eigenvalue weighted by atomic mass is 9.91. The Morgan fingerprint density at radius 1 is 0.914 bits per heavy atom. The highest BCUT2D eigenvalue weighted by Crippen LogP contribution is 2.50. The van der Waals surface area contributed by atoms with Crippen LogP contribution in [0.3, 0.4) is 0 Å². The highest BCUT2D eigenvalue weighted by Gasteiger charge is 2.47. The van der Waals surface area contributed by atoms with E-state index in [1.54, 1.807) is 18.2 Å². The first-order valence-corrected chi connectivity index (χ1v) is 11.7. The molecule has 3 aromatic rings. The second-order valence-corrected chi connectivity index (χ2v) is 9.43. The van der Waals surface area contributed by atoms with Crippen molar-refractivity contribution in [3.05, 3.63) is 74.9 Å². The Morgan fingerprint density at radius 2 is 1.66 bits per heavy atom. The summed E-state index contributed by atoms with van der Waals surface area (Å²) >= 11 is 12.6. The van der Waals surface area contributed by atoms with Crippen LogP contribution in [0.2, 0.25) is 10.0 Å². The predicted octanol–water partition coefficient (Wildman–Crippen LogP) is 8.20. The Balaban J connectivity index is 1.71. The molecule has 0 radical (unpaired) electrons. The number of ether oxygens (including phenoxy) is 1. The van der Waals surface area contributed by atoms with Gasteiger partial charge in [-0.2, -0.15) is 26.3 Å². The Bertz CT molecular complexity index is 1280. The summed E-state index contributed by atoms with van der Waals surface area (Å²) in [5.41, 5.74) is -2.80. The van der Waals surface area contributed by atoms with Gasteiger partial charge in [0.15, 0.2) is 0 Å². The standard InChI is InChI=1S/C24H18Cl2F6N2O/c25-16-8-4-6-13(19(16)26)22-34-10-2-1-9-17(34)21(35-22)14-11-18(24(30,31)32)33-20-12(14)5-3-7-15(20)23(27,28)29/h3-8,11,17,21-22H,1-2,9-10H2/t17-,21+,22?/m1/s1. The average molecular weight is 535 g/mol. The van der Waals surface area contributed by atoms with Crippen LogP contribution in [-0.2, 0) is 17.1 Å². The zero-order valence-corrected chi connectivity index (χ0v) is 19.4. The molecular weight excluding hydrogens is 517 g/mol. The quantitative estimate of drug-likeness (QED) is 0.310. The summed E-state index contributed by atoms with van der Waals surface area (Å²) in [7, 11) is 0. The molecule has 0 N–H and O–H groups in total. The maximum atomic E-state index is 13.8. The molecule has 5 rings (SSSR count). The molecule has 2 aliphatic heterocycles. The summed E-state index contributed by atoms with van der Waals surface area (Å²) < 4.78 is 88.7. The lowest BCUT2D eigenvalue weighted by Gasteiger charge is -2.33. The average Bonchev–Trinajstić information content (AvgIpc) is 3.18. The van der Waals surface area contributed by atoms with Crippen molar-refractivity contribution in [2.24, 2.45) is 0 Å². The van der Waals surface area contributed by atoms with E-state index in [0.717, 1.165) is 25.0 Å². The molecule has 0 saturated carbocycles. The monoisotopic (exact) mass is 534 g/mol. The summed E-state index contributed by atoms with van der Waals surface area (Å²) in [4.78, 5) is 5.40. The molecular formula is C24H18Cl2F6N2O. The molecule has 1 unspecified atom stereocenters. The second-order valence-electron chi connectivity index (χ2n) is 8.65. The number of alkyl halides is 6. The van der Waals surface area contributed by atoms with E-state index in [1.165, 1.54) is 12.1 Å². The van der Waals surface area contributed by atoms with Gasteiger partial charge >= 0.3 is 12.4 Å². The zero-order chi connectivity index (χ0) is 25.1. The maximum absolute atomic E-state index is 13.8. The number of hydrogen-bond acceptors (Lipinski definition) is 3. The van der Waals surface area contributed by atoms with Crippen molar-refractivity contribution in [2.75, 3.05) is 6.54 Å². The van der Waals surface area contributed by atoms with Crippen molar-refractivity contribution in [3.63, 3.8) is 0 Å². The van der Waals surface area contributed by atoms with Gasteiger partial charge in [0.1, 0.15) is 18.0 Å². The van der Waals surface area contributed by atoms with E-state index in [1.807, 2.05) is 4.90 Å². The fourth-order valence-corrected chi connectivity index (χ4v) is 5.43. The molecule has 0 bridgehead atoms. The number of benzene rings is 2. The normalized spacial score (nSPS) is 23.6. The van der Waals surface area contributed by atoms with E-state index < -0.39 is 41.5 Å². The number of nitrogens with zero attached hydrogens (tertiary/aromatic N) is 2. The fourth-order valence-electron chi connectivity index (χ4n) is 5.03. The van der Waals surface area contributed by atoms with Gasteiger partial charge in [-0.1, -0.05) is 53.9 Å². The Labute approximate surface area is 206 Å². The van der Waals surface area contributed by atoms with E-state index in [0.29, 0.717) is 23.6 Å². The Hall–Kier alpha value is -2.07. The van der Waals surface area contributed by atoms with Gasteiger partial charge in [0.05, 0.1) is 21.1 Å². The number of fused-ring (bicyclic) bond motifs is 2. The second kappa shape index (κ2) is 8.80. The first kappa shape index (κ1) is 24.6. The van der Waals surface area contributed by atoms with Crippen molar-refractivity contribution >= 4 is 34.1 Å². The third kappa shape index (κ3) is 4.37. The topological polar surface area (TPSA) is 25.4 Å². The van der Waals surface area contributed by atoms with Crippen LogP contribution >= 0.6 is 23.2 Å². The van der Waals surface area contributed by atoms with Crippen LogP contribution in [0.1, 0.15) is 54.0 Å². The van der Waals surface area contributed by atoms with Crippen LogP contribution < -0.4 is 0 Å². The minimum absolute atomic E-state index is 0.0194. The van der Waals surface area contributed by atoms with Gasteiger partial charge in [0.25, 0.3) is 0 Å². The van der Waals surface area contributed by atoms with Gasteiger partial charge in [0.2, 0.25) is 0 Å². The van der Waals surface area contributed by atoms with Gasteiger partial charge in [-0.05, 0) is 36.6 Å². The molecule has 2 aliphatic rings. The van der Waals surface area contributed by atoms with Crippen LogP contribution in [0, 0.1) is 0 Å². The van der Waals surface area contributed by atoms with Crippen molar-refractivity contribution in [1.82, 2.24) is 9.88 Å². The minimum atomic E-state index is -4.94. The molecule has 3 heterocycles. The predicted molar refractivity (Wildman–Crippen MR) is 119 cm³/mol. The van der Waals surface area contributed by atoms with Crippen molar-refractivity contribution in [3.8, 4) is 0 Å². The van der Waals surface area contributed by atoms with Gasteiger partial charge in [-0.15, -0.1) is 0 Å². The van der Waals surface area contributed by atoms with E-state index in [2.05, 4.69) is 4.98 Å². The van der Waals surface area contributed by atoms with E-state index >= 15 is 0 Å². The third-order valence-corrected chi connectivity index (χ3v) is 7.37. The van der Waals surface area contributed by atoms with E-state index in [4.69, 9.17) is 27.9 Å². The van der Waals surface area contributed by atoms with Crippen LogP contribution in [0.4, 0.5) is 26.3 Å². The number of pyridine rings is 1. The summed E-state index contributed by atoms with van der Waals surface area (Å²) in [5.74, 6) is 0. The summed E-state index contributed by atoms with van der Waals surface area (Å²) in [5, 5.41) is 0.536. The van der Waals surface area contributed by atoms with Crippen molar-refractivity contribution in [2.45, 2.75) is 50.0 Å². The molecule has 0 spiro atoms. The lowest BCUT2D eigenvalue weighted by molar-refractivity contribution is -0.142. The molecule has 11 heteroatoms. The zero-order valence-electron chi connectivity index (χ0n) is 17.9. The van der Waals surface area contributed by atoms with Crippen LogP contribution in [-0.4, -0.2) is 22.5 Å². The molecule has 2 aromatic carbocycles. The van der Waals surface area contributed by atoms with Gasteiger partial charge < -0.3 is 4.74 Å². The number of aromatic nitrogens is 1. The molecule has 3 atom stereocenters. The molecule has 35 heavy (non-hydrogen) atoms. The number of piperidine rings is 1. The van der Waals surface area contributed by atoms with Crippen molar-refractivity contribution < 1.29 is 31.1 Å². The summed E-state index contributed by atoms with van der Waals surface area (Å²) in [6, 6.07) is 8.73. The first-order chi connectivity index (χ1) is 16.5. The third-order valence-electron chi connectivity index (χ3n) is 6.54. The van der Waals surface area contributed by atoms with Gasteiger partial charge in [-0.3, -0.25) is 4.90 Å². The van der Waals surface area contributed by atoms with E-state index in [-0.39, 0.29) is 22.0 Å². The SMILES string of the molecule is FC(F)(F)c1cc([C@@H]2OC(c3cccc(Cl)c3Cl)N3CCCC[C@H]23)c2cccc(C(F)(F)F)c2n1. The van der Waals surface area contributed by atoms with Crippen molar-refractivity contribution in [1.29, 1.82) is 0 Å². The number of rotatable bonds is 2. The first-order valence-electron chi connectivity index (χ1n) is 10.9. The number of halogens is 8. The largest absolute Gasteiger partial charge is 0.433 e. The maximum Gasteiger partial charge on any atom is 0.433 e. The molecule has 0 amide bonds. The summed E-state index contributed by atoms with van der Waals surface area (Å²) in [6.45, 7) is 0.595. The highest BCUT2D eigenvalue weighted by molar-refractivity contribution is 6.42. The Kier molecular flexibility index (Phi) is 6.19. The van der Waals surface area contributed by atoms with Gasteiger partial charge in [-0.25, -0.2) is 4.98 Å². The Morgan fingerprint density at radius 3 is 2.37 bits per heavy atom. The van der Waals surface area contributed by atoms with Crippen LogP contribution in [0.15, 0.2) is 42.5 Å².